The Kier molecular flexibility index (Phi) is 4.64. The van der Waals surface area contributed by atoms with Crippen molar-refractivity contribution in [1.82, 2.24) is 4.31 Å². The van der Waals surface area contributed by atoms with E-state index in [1.807, 2.05) is 0 Å². The summed E-state index contributed by atoms with van der Waals surface area (Å²) in [7, 11) is -2.64. The Morgan fingerprint density at radius 2 is 2.19 bits per heavy atom. The molecule has 1 atom stereocenters. The van der Waals surface area contributed by atoms with Gasteiger partial charge in [0.2, 0.25) is 15.9 Å². The van der Waals surface area contributed by atoms with Crippen LogP contribution in [0.2, 0.25) is 0 Å². The number of amides is 1. The number of primary amides is 1. The molecule has 2 rings (SSSR count). The molecule has 1 aliphatic rings. The summed E-state index contributed by atoms with van der Waals surface area (Å²) in [6, 6.07) is 1.38. The SMILES string of the molecule is COC(=O)c1sccc1S(=O)(=O)N1CCCC(C(N)=O)C1. The molecular weight excluding hydrogens is 316 g/mol. The van der Waals surface area contributed by atoms with Crippen LogP contribution in [0.4, 0.5) is 0 Å². The number of nitrogens with two attached hydrogens (primary N) is 1. The van der Waals surface area contributed by atoms with Crippen molar-refractivity contribution in [2.75, 3.05) is 20.2 Å². The Hall–Kier alpha value is -1.45. The van der Waals surface area contributed by atoms with Gasteiger partial charge in [-0.3, -0.25) is 4.79 Å². The van der Waals surface area contributed by atoms with Crippen LogP contribution in [0, 0.1) is 5.92 Å². The van der Waals surface area contributed by atoms with E-state index in [0.29, 0.717) is 19.4 Å². The van der Waals surface area contributed by atoms with Gasteiger partial charge >= 0.3 is 5.97 Å². The molecule has 1 aliphatic heterocycles. The van der Waals surface area contributed by atoms with Crippen LogP contribution in [-0.2, 0) is 19.6 Å². The first-order valence-corrected chi connectivity index (χ1v) is 8.65. The molecule has 1 aromatic rings. The number of esters is 1. The second-order valence-corrected chi connectivity index (χ2v) is 7.53. The van der Waals surface area contributed by atoms with E-state index >= 15 is 0 Å². The van der Waals surface area contributed by atoms with Gasteiger partial charge in [0.1, 0.15) is 9.77 Å². The third kappa shape index (κ3) is 3.09. The summed E-state index contributed by atoms with van der Waals surface area (Å²) < 4.78 is 31.1. The van der Waals surface area contributed by atoms with Crippen LogP contribution in [0.3, 0.4) is 0 Å². The molecule has 2 heterocycles. The van der Waals surface area contributed by atoms with Gasteiger partial charge in [-0.15, -0.1) is 11.3 Å². The fourth-order valence-corrected chi connectivity index (χ4v) is 5.11. The number of carbonyl (C=O) groups excluding carboxylic acids is 2. The number of hydrogen-bond acceptors (Lipinski definition) is 6. The van der Waals surface area contributed by atoms with Crippen molar-refractivity contribution in [3.05, 3.63) is 16.3 Å². The highest BCUT2D eigenvalue weighted by molar-refractivity contribution is 7.89. The van der Waals surface area contributed by atoms with Crippen molar-refractivity contribution < 1.29 is 22.7 Å². The monoisotopic (exact) mass is 332 g/mol. The van der Waals surface area contributed by atoms with Crippen LogP contribution in [0.15, 0.2) is 16.3 Å². The highest BCUT2D eigenvalue weighted by atomic mass is 32.2. The van der Waals surface area contributed by atoms with E-state index < -0.39 is 27.8 Å². The van der Waals surface area contributed by atoms with E-state index in [2.05, 4.69) is 4.74 Å². The van der Waals surface area contributed by atoms with Crippen molar-refractivity contribution in [2.45, 2.75) is 17.7 Å². The summed E-state index contributed by atoms with van der Waals surface area (Å²) in [6.07, 6.45) is 1.14. The van der Waals surface area contributed by atoms with Crippen molar-refractivity contribution in [1.29, 1.82) is 0 Å². The van der Waals surface area contributed by atoms with Crippen molar-refractivity contribution in [3.8, 4) is 0 Å². The lowest BCUT2D eigenvalue weighted by Gasteiger charge is -2.30. The molecule has 0 saturated carbocycles. The van der Waals surface area contributed by atoms with Crippen molar-refractivity contribution in [2.24, 2.45) is 11.7 Å². The summed E-state index contributed by atoms with van der Waals surface area (Å²) in [6.45, 7) is 0.358. The lowest BCUT2D eigenvalue weighted by atomic mass is 9.99. The highest BCUT2D eigenvalue weighted by Gasteiger charge is 2.35. The van der Waals surface area contributed by atoms with E-state index in [4.69, 9.17) is 5.73 Å². The second-order valence-electron chi connectivity index (χ2n) is 4.71. The fourth-order valence-electron chi connectivity index (χ4n) is 2.27. The Labute approximate surface area is 126 Å². The molecule has 0 aromatic carbocycles. The first kappa shape index (κ1) is 15.9. The molecule has 21 heavy (non-hydrogen) atoms. The number of methoxy groups -OCH3 is 1. The molecule has 1 fully saturated rings. The number of carbonyl (C=O) groups is 2. The minimum Gasteiger partial charge on any atom is -0.465 e. The number of rotatable bonds is 4. The number of sulfonamides is 1. The number of ether oxygens (including phenoxy) is 1. The zero-order valence-electron chi connectivity index (χ0n) is 11.4. The summed E-state index contributed by atoms with van der Waals surface area (Å²) in [4.78, 5) is 22.9. The maximum Gasteiger partial charge on any atom is 0.349 e. The maximum atomic E-state index is 12.6. The minimum atomic E-state index is -3.84. The van der Waals surface area contributed by atoms with Crippen LogP contribution in [-0.4, -0.2) is 44.8 Å². The predicted molar refractivity (Wildman–Crippen MR) is 76.3 cm³/mol. The van der Waals surface area contributed by atoms with Crippen LogP contribution in [0.1, 0.15) is 22.5 Å². The number of thiophene rings is 1. The third-order valence-electron chi connectivity index (χ3n) is 3.40. The summed E-state index contributed by atoms with van der Waals surface area (Å²) >= 11 is 1.01. The van der Waals surface area contributed by atoms with E-state index in [1.54, 1.807) is 0 Å². The molecule has 1 amide bonds. The number of nitrogens with zero attached hydrogens (tertiary/aromatic N) is 1. The van der Waals surface area contributed by atoms with E-state index in [1.165, 1.54) is 22.9 Å². The zero-order chi connectivity index (χ0) is 15.6. The lowest BCUT2D eigenvalue weighted by Crippen LogP contribution is -2.44. The van der Waals surface area contributed by atoms with E-state index in [-0.39, 0.29) is 16.3 Å². The largest absolute Gasteiger partial charge is 0.465 e. The molecule has 1 aromatic heterocycles. The highest BCUT2D eigenvalue weighted by Crippen LogP contribution is 2.29. The molecule has 0 radical (unpaired) electrons. The standard InChI is InChI=1S/C12H16N2O5S2/c1-19-12(16)10-9(4-6-20-10)21(17,18)14-5-2-3-8(7-14)11(13)15/h4,6,8H,2-3,5,7H2,1H3,(H2,13,15). The average molecular weight is 332 g/mol. The molecular formula is C12H16N2O5S2. The second kappa shape index (κ2) is 6.12. The summed E-state index contributed by atoms with van der Waals surface area (Å²) in [5.74, 6) is -1.69. The minimum absolute atomic E-state index is 0.0405. The average Bonchev–Trinajstić information content (AvgIpc) is 2.96. The zero-order valence-corrected chi connectivity index (χ0v) is 13.1. The summed E-state index contributed by atoms with van der Waals surface area (Å²) in [5.41, 5.74) is 5.26. The maximum absolute atomic E-state index is 12.6. The number of hydrogen-bond donors (Lipinski definition) is 1. The lowest BCUT2D eigenvalue weighted by molar-refractivity contribution is -0.122. The summed E-state index contributed by atoms with van der Waals surface area (Å²) in [5, 5.41) is 1.52. The van der Waals surface area contributed by atoms with Crippen molar-refractivity contribution >= 4 is 33.2 Å². The van der Waals surface area contributed by atoms with E-state index in [0.717, 1.165) is 11.3 Å². The quantitative estimate of drug-likeness (QED) is 0.804. The molecule has 0 bridgehead atoms. The van der Waals surface area contributed by atoms with Crippen molar-refractivity contribution in [3.63, 3.8) is 0 Å². The van der Waals surface area contributed by atoms with Gasteiger partial charge in [0, 0.05) is 13.1 Å². The molecule has 0 aliphatic carbocycles. The topological polar surface area (TPSA) is 107 Å². The molecule has 1 saturated heterocycles. The Morgan fingerprint density at radius 3 is 2.81 bits per heavy atom. The van der Waals surface area contributed by atoms with Gasteiger partial charge in [0.05, 0.1) is 13.0 Å². The van der Waals surface area contributed by atoms with E-state index in [9.17, 15) is 18.0 Å². The molecule has 116 valence electrons. The first-order valence-electron chi connectivity index (χ1n) is 6.33. The van der Waals surface area contributed by atoms with Gasteiger partial charge in [0.25, 0.3) is 0 Å². The van der Waals surface area contributed by atoms with Gasteiger partial charge < -0.3 is 10.5 Å². The van der Waals surface area contributed by atoms with Gasteiger partial charge in [-0.2, -0.15) is 4.31 Å². The normalized spacial score (nSPS) is 20.1. The predicted octanol–water partition coefficient (Wildman–Crippen LogP) is 0.421. The van der Waals surface area contributed by atoms with Gasteiger partial charge in [0.15, 0.2) is 0 Å². The van der Waals surface area contributed by atoms with Gasteiger partial charge in [-0.25, -0.2) is 13.2 Å². The van der Waals surface area contributed by atoms with Gasteiger partial charge in [-0.05, 0) is 24.3 Å². The Bertz CT molecular complexity index is 652. The molecule has 1 unspecified atom stereocenters. The first-order chi connectivity index (χ1) is 9.87. The fraction of sp³-hybridized carbons (Fsp3) is 0.500. The third-order valence-corrected chi connectivity index (χ3v) is 6.34. The smallest absolute Gasteiger partial charge is 0.349 e. The molecule has 2 N–H and O–H groups in total. The Balaban J connectivity index is 2.32. The molecule has 0 spiro atoms. The Morgan fingerprint density at radius 1 is 1.48 bits per heavy atom. The van der Waals surface area contributed by atoms with Crippen LogP contribution < -0.4 is 5.73 Å². The molecule has 7 nitrogen and oxygen atoms in total. The van der Waals surface area contributed by atoms with Crippen LogP contribution in [0.25, 0.3) is 0 Å². The van der Waals surface area contributed by atoms with Crippen LogP contribution in [0.5, 0.6) is 0 Å². The van der Waals surface area contributed by atoms with Gasteiger partial charge in [-0.1, -0.05) is 0 Å². The van der Waals surface area contributed by atoms with Crippen LogP contribution >= 0.6 is 11.3 Å². The number of piperidine rings is 1. The molecule has 9 heteroatoms.